The first-order chi connectivity index (χ1) is 11.7. The molecule has 0 aromatic carbocycles. The number of rotatable bonds is 4. The molecule has 1 amide bonds. The lowest BCUT2D eigenvalue weighted by molar-refractivity contribution is -0.153. The summed E-state index contributed by atoms with van der Waals surface area (Å²) in [5.41, 5.74) is 0.479. The third-order valence-electron chi connectivity index (χ3n) is 4.88. The van der Waals surface area contributed by atoms with E-state index in [9.17, 15) is 14.7 Å². The van der Waals surface area contributed by atoms with Crippen molar-refractivity contribution in [3.8, 4) is 0 Å². The maximum atomic E-state index is 13.3. The summed E-state index contributed by atoms with van der Waals surface area (Å²) >= 11 is 0. The van der Waals surface area contributed by atoms with Crippen molar-refractivity contribution in [2.24, 2.45) is 5.41 Å². The van der Waals surface area contributed by atoms with Crippen LogP contribution >= 0.6 is 0 Å². The Morgan fingerprint density at radius 2 is 2.04 bits per heavy atom. The smallest absolute Gasteiger partial charge is 0.328 e. The van der Waals surface area contributed by atoms with Gasteiger partial charge in [0.2, 0.25) is 5.91 Å². The van der Waals surface area contributed by atoms with Crippen LogP contribution < -0.4 is 0 Å². The summed E-state index contributed by atoms with van der Waals surface area (Å²) in [6.07, 6.45) is 3.52. The maximum absolute atomic E-state index is 13.3. The molecule has 138 valence electrons. The van der Waals surface area contributed by atoms with Gasteiger partial charge in [-0.3, -0.25) is 4.79 Å². The highest BCUT2D eigenvalue weighted by Gasteiger charge is 2.45. The topological polar surface area (TPSA) is 97.6 Å². The van der Waals surface area contributed by atoms with E-state index in [0.29, 0.717) is 5.92 Å². The number of hydrogen-bond donors (Lipinski definition) is 1. The number of esters is 1. The monoisotopic (exact) mass is 350 g/mol. The molecule has 3 unspecified atom stereocenters. The summed E-state index contributed by atoms with van der Waals surface area (Å²) in [4.78, 5) is 26.7. The van der Waals surface area contributed by atoms with Crippen molar-refractivity contribution in [1.82, 2.24) is 19.9 Å². The number of β-amino-alcohol motifs (C(OH)–C–C–N with tert-alkyl or cyclic N) is 1. The molecule has 3 atom stereocenters. The highest BCUT2D eigenvalue weighted by atomic mass is 16.5. The van der Waals surface area contributed by atoms with Gasteiger partial charge in [0.25, 0.3) is 0 Å². The Morgan fingerprint density at radius 3 is 2.60 bits per heavy atom. The van der Waals surface area contributed by atoms with Crippen LogP contribution in [0.25, 0.3) is 0 Å². The summed E-state index contributed by atoms with van der Waals surface area (Å²) in [6, 6.07) is -1.37. The second-order valence-electron chi connectivity index (χ2n) is 8.09. The highest BCUT2D eigenvalue weighted by molar-refractivity contribution is 5.87. The van der Waals surface area contributed by atoms with Crippen molar-refractivity contribution in [2.45, 2.75) is 64.1 Å². The molecule has 1 saturated carbocycles. The molecule has 1 aliphatic heterocycles. The van der Waals surface area contributed by atoms with Crippen molar-refractivity contribution in [2.75, 3.05) is 13.7 Å². The Hall–Kier alpha value is -1.96. The van der Waals surface area contributed by atoms with Gasteiger partial charge in [0.05, 0.1) is 18.9 Å². The molecular weight excluding hydrogens is 324 g/mol. The average Bonchev–Trinajstić information content (AvgIpc) is 3.15. The Morgan fingerprint density at radius 1 is 1.36 bits per heavy atom. The van der Waals surface area contributed by atoms with E-state index >= 15 is 0 Å². The first-order valence-corrected chi connectivity index (χ1v) is 8.70. The van der Waals surface area contributed by atoms with Gasteiger partial charge in [0, 0.05) is 25.1 Å². The fourth-order valence-corrected chi connectivity index (χ4v) is 3.44. The van der Waals surface area contributed by atoms with Gasteiger partial charge in [-0.15, -0.1) is 5.10 Å². The predicted molar refractivity (Wildman–Crippen MR) is 88.6 cm³/mol. The number of ether oxygens (including phenoxy) is 1. The van der Waals surface area contributed by atoms with Gasteiger partial charge in [-0.25, -0.2) is 9.48 Å². The van der Waals surface area contributed by atoms with Crippen LogP contribution in [0.4, 0.5) is 0 Å². The second kappa shape index (κ2) is 6.40. The van der Waals surface area contributed by atoms with E-state index < -0.39 is 29.6 Å². The van der Waals surface area contributed by atoms with Crippen molar-refractivity contribution in [1.29, 1.82) is 0 Å². The number of carbonyl (C=O) groups is 2. The van der Waals surface area contributed by atoms with Crippen LogP contribution in [-0.2, 0) is 14.3 Å². The number of nitrogens with zero attached hydrogens (tertiary/aromatic N) is 4. The summed E-state index contributed by atoms with van der Waals surface area (Å²) in [5.74, 6) is -0.303. The highest BCUT2D eigenvalue weighted by Crippen LogP contribution is 2.40. The fourth-order valence-electron chi connectivity index (χ4n) is 3.44. The van der Waals surface area contributed by atoms with E-state index in [4.69, 9.17) is 4.74 Å². The van der Waals surface area contributed by atoms with Gasteiger partial charge in [-0.05, 0) is 18.3 Å². The van der Waals surface area contributed by atoms with Crippen LogP contribution in [-0.4, -0.2) is 62.7 Å². The molecule has 0 radical (unpaired) electrons. The van der Waals surface area contributed by atoms with Gasteiger partial charge in [0.15, 0.2) is 0 Å². The number of amides is 1. The summed E-state index contributed by atoms with van der Waals surface area (Å²) in [7, 11) is 1.29. The summed E-state index contributed by atoms with van der Waals surface area (Å²) in [5, 5.41) is 18.4. The maximum Gasteiger partial charge on any atom is 0.328 e. The number of carbonyl (C=O) groups excluding carboxylic acids is 2. The number of aliphatic hydroxyl groups is 1. The van der Waals surface area contributed by atoms with Gasteiger partial charge in [0.1, 0.15) is 12.1 Å². The van der Waals surface area contributed by atoms with E-state index in [1.54, 1.807) is 4.68 Å². The molecule has 2 fully saturated rings. The van der Waals surface area contributed by atoms with Gasteiger partial charge in [-0.2, -0.15) is 0 Å². The molecule has 1 aliphatic carbocycles. The molecule has 2 aliphatic rings. The molecule has 1 aromatic rings. The summed E-state index contributed by atoms with van der Waals surface area (Å²) in [6.45, 7) is 5.98. The lowest BCUT2D eigenvalue weighted by Gasteiger charge is -2.34. The van der Waals surface area contributed by atoms with Crippen molar-refractivity contribution in [3.63, 3.8) is 0 Å². The predicted octanol–water partition coefficient (Wildman–Crippen LogP) is 0.877. The lowest BCUT2D eigenvalue weighted by Crippen LogP contribution is -2.48. The van der Waals surface area contributed by atoms with Gasteiger partial charge >= 0.3 is 5.97 Å². The molecule has 1 aromatic heterocycles. The molecular formula is C17H26N4O4. The SMILES string of the molecule is COC(=O)C1CC(O)CN1C(=O)C(n1cc(C2CC2)nn1)C(C)(C)C. The lowest BCUT2D eigenvalue weighted by atomic mass is 9.85. The molecule has 8 nitrogen and oxygen atoms in total. The van der Waals surface area contributed by atoms with Crippen LogP contribution in [0, 0.1) is 5.41 Å². The minimum Gasteiger partial charge on any atom is -0.467 e. The molecule has 25 heavy (non-hydrogen) atoms. The third kappa shape index (κ3) is 3.53. The van der Waals surface area contributed by atoms with Crippen molar-refractivity contribution in [3.05, 3.63) is 11.9 Å². The first kappa shape index (κ1) is 17.8. The molecule has 3 rings (SSSR count). The standard InChI is InChI=1S/C17H26N4O4/c1-17(2,3)14(21-9-12(18-19-21)10-5-6-10)15(23)20-8-11(22)7-13(20)16(24)25-4/h9-11,13-14,22H,5-8H2,1-4H3. The number of hydrogen-bond acceptors (Lipinski definition) is 6. The minimum absolute atomic E-state index is 0.120. The number of methoxy groups -OCH3 is 1. The quantitative estimate of drug-likeness (QED) is 0.810. The Labute approximate surface area is 147 Å². The normalized spacial score (nSPS) is 25.1. The number of likely N-dealkylation sites (tertiary alicyclic amines) is 1. The van der Waals surface area contributed by atoms with Crippen LogP contribution in [0.2, 0.25) is 0 Å². The molecule has 1 saturated heterocycles. The molecule has 1 N–H and O–H groups in total. The van der Waals surface area contributed by atoms with E-state index in [1.165, 1.54) is 12.0 Å². The van der Waals surface area contributed by atoms with E-state index in [0.717, 1.165) is 18.5 Å². The zero-order valence-electron chi connectivity index (χ0n) is 15.2. The Balaban J connectivity index is 1.89. The number of aliphatic hydroxyl groups excluding tert-OH is 1. The number of aromatic nitrogens is 3. The second-order valence-corrected chi connectivity index (χ2v) is 8.09. The van der Waals surface area contributed by atoms with Crippen LogP contribution in [0.5, 0.6) is 0 Å². The van der Waals surface area contributed by atoms with Crippen molar-refractivity contribution >= 4 is 11.9 Å². The average molecular weight is 350 g/mol. The fraction of sp³-hybridized carbons (Fsp3) is 0.765. The first-order valence-electron chi connectivity index (χ1n) is 8.70. The summed E-state index contributed by atoms with van der Waals surface area (Å²) < 4.78 is 6.41. The van der Waals surface area contributed by atoms with Gasteiger partial charge < -0.3 is 14.7 Å². The third-order valence-corrected chi connectivity index (χ3v) is 4.88. The van der Waals surface area contributed by atoms with Crippen LogP contribution in [0.3, 0.4) is 0 Å². The molecule has 8 heteroatoms. The zero-order valence-corrected chi connectivity index (χ0v) is 15.2. The van der Waals surface area contributed by atoms with Gasteiger partial charge in [-0.1, -0.05) is 26.0 Å². The van der Waals surface area contributed by atoms with Crippen LogP contribution in [0.1, 0.15) is 57.7 Å². The van der Waals surface area contributed by atoms with Crippen LogP contribution in [0.15, 0.2) is 6.20 Å². The van der Waals surface area contributed by atoms with E-state index in [1.807, 2.05) is 27.0 Å². The zero-order chi connectivity index (χ0) is 18.4. The van der Waals surface area contributed by atoms with E-state index in [-0.39, 0.29) is 18.9 Å². The molecule has 0 bridgehead atoms. The largest absolute Gasteiger partial charge is 0.467 e. The molecule has 2 heterocycles. The Bertz CT molecular complexity index is 662. The minimum atomic E-state index is -0.760. The molecule has 0 spiro atoms. The van der Waals surface area contributed by atoms with E-state index in [2.05, 4.69) is 10.3 Å². The van der Waals surface area contributed by atoms with Crippen molar-refractivity contribution < 1.29 is 19.4 Å². The Kier molecular flexibility index (Phi) is 4.57.